The Morgan fingerprint density at radius 2 is 1.90 bits per heavy atom. The van der Waals surface area contributed by atoms with E-state index in [9.17, 15) is 0 Å². The molecule has 4 rings (SSSR count). The van der Waals surface area contributed by atoms with Crippen molar-refractivity contribution in [1.82, 2.24) is 14.5 Å². The molecular formula is C20H31ClN4O4Si. The van der Waals surface area contributed by atoms with Crippen molar-refractivity contribution in [2.75, 3.05) is 12.3 Å². The first-order chi connectivity index (χ1) is 13.8. The van der Waals surface area contributed by atoms with Crippen LogP contribution in [0.5, 0.6) is 0 Å². The van der Waals surface area contributed by atoms with Gasteiger partial charge in [-0.15, -0.1) is 0 Å². The van der Waals surface area contributed by atoms with E-state index in [-0.39, 0.29) is 29.3 Å². The van der Waals surface area contributed by atoms with Crippen molar-refractivity contribution in [2.24, 2.45) is 0 Å². The quantitative estimate of drug-likeness (QED) is 0.548. The normalized spacial score (nSPS) is 28.9. The summed E-state index contributed by atoms with van der Waals surface area (Å²) >= 11 is 6.25. The molecule has 0 radical (unpaired) electrons. The molecule has 4 atom stereocenters. The van der Waals surface area contributed by atoms with Gasteiger partial charge in [-0.05, 0) is 38.0 Å². The molecule has 2 fully saturated rings. The molecule has 8 nitrogen and oxygen atoms in total. The molecule has 0 aromatic carbocycles. The molecule has 4 heterocycles. The SMILES string of the molecule is CC1(C)O[C@@H]2[C@@H](O1)[C@@H](CO[Si](C)(C)C(C)(C)C)O[C@H]2n1ccc2c(Cl)nc(N)nc21. The highest BCUT2D eigenvalue weighted by Crippen LogP contribution is 2.45. The Morgan fingerprint density at radius 3 is 2.57 bits per heavy atom. The van der Waals surface area contributed by atoms with Crippen LogP contribution in [0, 0.1) is 0 Å². The molecule has 0 unspecified atom stereocenters. The van der Waals surface area contributed by atoms with E-state index in [0.717, 1.165) is 0 Å². The monoisotopic (exact) mass is 454 g/mol. The van der Waals surface area contributed by atoms with E-state index < -0.39 is 20.3 Å². The minimum absolute atomic E-state index is 0.110. The summed E-state index contributed by atoms with van der Waals surface area (Å²) in [5, 5.41) is 1.14. The van der Waals surface area contributed by atoms with E-state index >= 15 is 0 Å². The van der Waals surface area contributed by atoms with Gasteiger partial charge in [0.25, 0.3) is 0 Å². The van der Waals surface area contributed by atoms with Gasteiger partial charge in [0.1, 0.15) is 29.1 Å². The second-order valence-corrected chi connectivity index (χ2v) is 15.2. The van der Waals surface area contributed by atoms with Gasteiger partial charge in [0.2, 0.25) is 5.95 Å². The maximum Gasteiger partial charge on any atom is 0.223 e. The van der Waals surface area contributed by atoms with Crippen molar-refractivity contribution in [3.63, 3.8) is 0 Å². The number of ether oxygens (including phenoxy) is 3. The Balaban J connectivity index is 1.64. The molecule has 0 saturated carbocycles. The maximum absolute atomic E-state index is 6.45. The van der Waals surface area contributed by atoms with Crippen molar-refractivity contribution < 1.29 is 18.6 Å². The molecule has 2 aromatic rings. The van der Waals surface area contributed by atoms with Gasteiger partial charge in [-0.25, -0.2) is 4.98 Å². The number of hydrogen-bond donors (Lipinski definition) is 1. The zero-order valence-electron chi connectivity index (χ0n) is 18.6. The minimum atomic E-state index is -1.94. The number of rotatable bonds is 4. The number of aromatic nitrogens is 3. The summed E-state index contributed by atoms with van der Waals surface area (Å²) in [4.78, 5) is 8.41. The van der Waals surface area contributed by atoms with Gasteiger partial charge in [-0.1, -0.05) is 32.4 Å². The van der Waals surface area contributed by atoms with Crippen molar-refractivity contribution in [3.8, 4) is 0 Å². The van der Waals surface area contributed by atoms with Gasteiger partial charge < -0.3 is 28.9 Å². The summed E-state index contributed by atoms with van der Waals surface area (Å²) in [6.07, 6.45) is 0.620. The summed E-state index contributed by atoms with van der Waals surface area (Å²) < 4.78 is 27.2. The summed E-state index contributed by atoms with van der Waals surface area (Å²) in [7, 11) is -1.94. The molecule has 2 aliphatic rings. The molecule has 30 heavy (non-hydrogen) atoms. The largest absolute Gasteiger partial charge is 0.414 e. The Kier molecular flexibility index (Phi) is 5.23. The number of fused-ring (bicyclic) bond motifs is 2. The molecule has 2 saturated heterocycles. The van der Waals surface area contributed by atoms with E-state index in [1.807, 2.05) is 30.7 Å². The van der Waals surface area contributed by atoms with Crippen LogP contribution in [0.2, 0.25) is 23.3 Å². The summed E-state index contributed by atoms with van der Waals surface area (Å²) in [5.41, 5.74) is 6.44. The molecule has 166 valence electrons. The Labute approximate surface area is 183 Å². The highest BCUT2D eigenvalue weighted by atomic mass is 35.5. The molecule has 0 aliphatic carbocycles. The summed E-state index contributed by atoms with van der Waals surface area (Å²) in [5.74, 6) is -0.593. The van der Waals surface area contributed by atoms with Crippen LogP contribution in [0.4, 0.5) is 5.95 Å². The highest BCUT2D eigenvalue weighted by Gasteiger charge is 2.56. The first-order valence-corrected chi connectivity index (χ1v) is 13.5. The highest BCUT2D eigenvalue weighted by molar-refractivity contribution is 6.74. The van der Waals surface area contributed by atoms with Gasteiger partial charge in [0.15, 0.2) is 20.3 Å². The van der Waals surface area contributed by atoms with Gasteiger partial charge in [-0.2, -0.15) is 4.98 Å². The minimum Gasteiger partial charge on any atom is -0.414 e. The maximum atomic E-state index is 6.45. The lowest BCUT2D eigenvalue weighted by atomic mass is 10.1. The standard InChI is InChI=1S/C20H31ClN4O4Si/c1-19(2,3)30(6,7)26-10-12-13-14(29-20(4,5)28-13)17(27-12)25-9-8-11-15(21)23-18(22)24-16(11)25/h8-9,12-14,17H,10H2,1-7H3,(H2,22,23,24)/t12-,13+,14-,17-/m1/s1. The third kappa shape index (κ3) is 3.76. The average molecular weight is 455 g/mol. The fourth-order valence-corrected chi connectivity index (χ4v) is 4.99. The van der Waals surface area contributed by atoms with Crippen molar-refractivity contribution in [2.45, 2.75) is 83.1 Å². The number of nitrogens with two attached hydrogens (primary N) is 1. The Hall–Kier alpha value is -1.23. The molecule has 0 bridgehead atoms. The molecule has 0 amide bonds. The fraction of sp³-hybridized carbons (Fsp3) is 0.700. The number of nitrogens with zero attached hydrogens (tertiary/aromatic N) is 3. The Morgan fingerprint density at radius 1 is 1.23 bits per heavy atom. The Bertz CT molecular complexity index is 958. The van der Waals surface area contributed by atoms with Crippen molar-refractivity contribution >= 4 is 36.9 Å². The lowest BCUT2D eigenvalue weighted by Gasteiger charge is -2.37. The van der Waals surface area contributed by atoms with Crippen LogP contribution in [0.25, 0.3) is 11.0 Å². The molecule has 10 heteroatoms. The van der Waals surface area contributed by atoms with Crippen LogP contribution < -0.4 is 5.73 Å². The predicted octanol–water partition coefficient (Wildman–Crippen LogP) is 4.11. The number of hydrogen-bond acceptors (Lipinski definition) is 7. The van der Waals surface area contributed by atoms with E-state index in [1.54, 1.807) is 0 Å². The fourth-order valence-electron chi connectivity index (χ4n) is 3.74. The van der Waals surface area contributed by atoms with Crippen LogP contribution in [0.1, 0.15) is 40.8 Å². The summed E-state index contributed by atoms with van der Waals surface area (Å²) in [6.45, 7) is 15.4. The lowest BCUT2D eigenvalue weighted by Crippen LogP contribution is -2.44. The van der Waals surface area contributed by atoms with Gasteiger partial charge >= 0.3 is 0 Å². The number of halogens is 1. The first kappa shape index (κ1) is 22.0. The van der Waals surface area contributed by atoms with Gasteiger partial charge in [0.05, 0.1) is 12.0 Å². The molecular weight excluding hydrogens is 424 g/mol. The van der Waals surface area contributed by atoms with Crippen molar-refractivity contribution in [1.29, 1.82) is 0 Å². The molecule has 2 N–H and O–H groups in total. The van der Waals surface area contributed by atoms with Crippen LogP contribution in [0.3, 0.4) is 0 Å². The zero-order chi connectivity index (χ0) is 22.1. The predicted molar refractivity (Wildman–Crippen MR) is 118 cm³/mol. The smallest absolute Gasteiger partial charge is 0.223 e. The molecule has 2 aliphatic heterocycles. The average Bonchev–Trinajstić information content (AvgIpc) is 3.23. The van der Waals surface area contributed by atoms with E-state index in [1.165, 1.54) is 0 Å². The molecule has 2 aromatic heterocycles. The summed E-state index contributed by atoms with van der Waals surface area (Å²) in [6, 6.07) is 1.86. The lowest BCUT2D eigenvalue weighted by molar-refractivity contribution is -0.199. The van der Waals surface area contributed by atoms with Crippen LogP contribution in [0.15, 0.2) is 12.3 Å². The van der Waals surface area contributed by atoms with Gasteiger partial charge in [0, 0.05) is 6.20 Å². The third-order valence-electron chi connectivity index (χ3n) is 6.36. The van der Waals surface area contributed by atoms with Crippen LogP contribution in [-0.2, 0) is 18.6 Å². The zero-order valence-corrected chi connectivity index (χ0v) is 20.4. The number of anilines is 1. The van der Waals surface area contributed by atoms with Gasteiger partial charge in [-0.3, -0.25) is 0 Å². The van der Waals surface area contributed by atoms with Crippen molar-refractivity contribution in [3.05, 3.63) is 17.4 Å². The second kappa shape index (κ2) is 7.14. The van der Waals surface area contributed by atoms with E-state index in [2.05, 4.69) is 43.8 Å². The second-order valence-electron chi connectivity index (χ2n) is 10.0. The first-order valence-electron chi connectivity index (χ1n) is 10.2. The molecule has 0 spiro atoms. The van der Waals surface area contributed by atoms with E-state index in [0.29, 0.717) is 22.8 Å². The third-order valence-corrected chi connectivity index (χ3v) is 11.1. The topological polar surface area (TPSA) is 93.7 Å². The number of nitrogen functional groups attached to an aromatic ring is 1. The van der Waals surface area contributed by atoms with E-state index in [4.69, 9.17) is 36.0 Å². The van der Waals surface area contributed by atoms with Crippen LogP contribution in [-0.4, -0.2) is 53.6 Å². The van der Waals surface area contributed by atoms with Crippen LogP contribution >= 0.6 is 11.6 Å².